The maximum Gasteiger partial charge on any atom is 0.277 e. The van der Waals surface area contributed by atoms with E-state index < -0.39 is 0 Å². The van der Waals surface area contributed by atoms with Crippen LogP contribution in [-0.4, -0.2) is 63.9 Å². The second-order valence-corrected chi connectivity index (χ2v) is 7.04. The first-order valence-corrected chi connectivity index (χ1v) is 8.95. The fourth-order valence-corrected chi connectivity index (χ4v) is 3.58. The van der Waals surface area contributed by atoms with Gasteiger partial charge in [0.25, 0.3) is 11.8 Å². The summed E-state index contributed by atoms with van der Waals surface area (Å²) in [5.41, 5.74) is 1.43. The van der Waals surface area contributed by atoms with Crippen LogP contribution in [0.3, 0.4) is 0 Å². The van der Waals surface area contributed by atoms with Crippen molar-refractivity contribution in [1.82, 2.24) is 25.2 Å². The molecule has 2 aliphatic heterocycles. The number of rotatable bonds is 2. The van der Waals surface area contributed by atoms with Gasteiger partial charge in [0.1, 0.15) is 0 Å². The smallest absolute Gasteiger partial charge is 0.277 e. The number of nitrogens with zero attached hydrogens (tertiary/aromatic N) is 5. The first-order chi connectivity index (χ1) is 12.5. The van der Waals surface area contributed by atoms with Crippen molar-refractivity contribution in [3.05, 3.63) is 40.7 Å². The van der Waals surface area contributed by atoms with Gasteiger partial charge in [-0.15, -0.1) is 5.10 Å². The Bertz CT molecular complexity index is 859. The molecule has 0 radical (unpaired) electrons. The lowest BCUT2D eigenvalue weighted by Gasteiger charge is -2.36. The number of aromatic nitrogens is 3. The minimum atomic E-state index is -0.297. The SMILES string of the molecule is C[C@H]1Cn2nnc(C(=O)N3CCN(c4cccc(Cl)c4)CC3)c2C(=O)N1. The van der Waals surface area contributed by atoms with Crippen LogP contribution in [0, 0.1) is 0 Å². The van der Waals surface area contributed by atoms with Crippen LogP contribution in [-0.2, 0) is 6.54 Å². The molecule has 1 aromatic heterocycles. The number of hydrogen-bond donors (Lipinski definition) is 1. The molecule has 1 fully saturated rings. The van der Waals surface area contributed by atoms with Gasteiger partial charge in [-0.2, -0.15) is 0 Å². The van der Waals surface area contributed by atoms with Crippen molar-refractivity contribution in [3.63, 3.8) is 0 Å². The second-order valence-electron chi connectivity index (χ2n) is 6.60. The molecular weight excluding hydrogens is 356 g/mol. The van der Waals surface area contributed by atoms with Crippen molar-refractivity contribution in [2.75, 3.05) is 31.1 Å². The molecule has 0 unspecified atom stereocenters. The van der Waals surface area contributed by atoms with Gasteiger partial charge in [-0.3, -0.25) is 9.59 Å². The molecule has 2 aromatic rings. The van der Waals surface area contributed by atoms with E-state index >= 15 is 0 Å². The average Bonchev–Trinajstić information content (AvgIpc) is 3.05. The molecule has 0 saturated carbocycles. The Morgan fingerprint density at radius 2 is 2.04 bits per heavy atom. The summed E-state index contributed by atoms with van der Waals surface area (Å²) in [6.07, 6.45) is 0. The highest BCUT2D eigenvalue weighted by atomic mass is 35.5. The van der Waals surface area contributed by atoms with Crippen LogP contribution in [0.4, 0.5) is 5.69 Å². The topological polar surface area (TPSA) is 83.4 Å². The van der Waals surface area contributed by atoms with Crippen LogP contribution in [0.25, 0.3) is 0 Å². The minimum absolute atomic E-state index is 0.0270. The number of carbonyl (C=O) groups is 2. The normalized spacial score (nSPS) is 19.9. The molecule has 1 atom stereocenters. The predicted octanol–water partition coefficient (Wildman–Crippen LogP) is 1.03. The van der Waals surface area contributed by atoms with Gasteiger partial charge in [-0.1, -0.05) is 22.9 Å². The zero-order valence-electron chi connectivity index (χ0n) is 14.4. The van der Waals surface area contributed by atoms with E-state index in [4.69, 9.17) is 11.6 Å². The van der Waals surface area contributed by atoms with Gasteiger partial charge in [0.05, 0.1) is 6.54 Å². The Hall–Kier alpha value is -2.61. The molecule has 1 N–H and O–H groups in total. The van der Waals surface area contributed by atoms with E-state index in [-0.39, 0.29) is 29.2 Å². The average molecular weight is 375 g/mol. The number of benzene rings is 1. The van der Waals surface area contributed by atoms with E-state index in [9.17, 15) is 9.59 Å². The summed E-state index contributed by atoms with van der Waals surface area (Å²) >= 11 is 6.06. The van der Waals surface area contributed by atoms with Crippen molar-refractivity contribution in [3.8, 4) is 0 Å². The molecule has 2 aliphatic rings. The Kier molecular flexibility index (Phi) is 4.28. The molecule has 0 spiro atoms. The lowest BCUT2D eigenvalue weighted by atomic mass is 10.1. The number of carbonyl (C=O) groups excluding carboxylic acids is 2. The standard InChI is InChI=1S/C17H19ClN6O2/c1-11-10-24-15(16(25)19-11)14(20-21-24)17(26)23-7-5-22(6-8-23)13-4-2-3-12(18)9-13/h2-4,9,11H,5-8,10H2,1H3,(H,19,25)/t11-/m0/s1. The Balaban J connectivity index is 1.47. The van der Waals surface area contributed by atoms with E-state index in [0.717, 1.165) is 5.69 Å². The van der Waals surface area contributed by atoms with Gasteiger partial charge in [-0.25, -0.2) is 4.68 Å². The van der Waals surface area contributed by atoms with Gasteiger partial charge in [0, 0.05) is 42.9 Å². The van der Waals surface area contributed by atoms with Gasteiger partial charge >= 0.3 is 0 Å². The van der Waals surface area contributed by atoms with Crippen molar-refractivity contribution in [2.45, 2.75) is 19.5 Å². The Morgan fingerprint density at radius 1 is 1.27 bits per heavy atom. The molecule has 8 nitrogen and oxygen atoms in total. The summed E-state index contributed by atoms with van der Waals surface area (Å²) in [7, 11) is 0. The van der Waals surface area contributed by atoms with Crippen LogP contribution in [0.15, 0.2) is 24.3 Å². The van der Waals surface area contributed by atoms with Crippen molar-refractivity contribution in [1.29, 1.82) is 0 Å². The summed E-state index contributed by atoms with van der Waals surface area (Å²) < 4.78 is 1.51. The second kappa shape index (κ2) is 6.60. The molecule has 4 rings (SSSR count). The summed E-state index contributed by atoms with van der Waals surface area (Å²) in [5, 5.41) is 11.5. The number of hydrogen-bond acceptors (Lipinski definition) is 5. The van der Waals surface area contributed by atoms with E-state index in [2.05, 4.69) is 20.5 Å². The number of amides is 2. The number of anilines is 1. The molecule has 0 bridgehead atoms. The highest BCUT2D eigenvalue weighted by Crippen LogP contribution is 2.22. The lowest BCUT2D eigenvalue weighted by molar-refractivity contribution is 0.0731. The number of halogens is 1. The minimum Gasteiger partial charge on any atom is -0.368 e. The third-order valence-electron chi connectivity index (χ3n) is 4.72. The van der Waals surface area contributed by atoms with Crippen LogP contribution in [0.5, 0.6) is 0 Å². The highest BCUT2D eigenvalue weighted by Gasteiger charge is 2.33. The molecule has 1 saturated heterocycles. The summed E-state index contributed by atoms with van der Waals surface area (Å²) in [6, 6.07) is 7.65. The molecule has 2 amide bonds. The van der Waals surface area contributed by atoms with Crippen LogP contribution >= 0.6 is 11.6 Å². The van der Waals surface area contributed by atoms with Crippen molar-refractivity contribution in [2.24, 2.45) is 0 Å². The summed E-state index contributed by atoms with van der Waals surface area (Å²) in [4.78, 5) is 29.0. The third-order valence-corrected chi connectivity index (χ3v) is 4.95. The van der Waals surface area contributed by atoms with Crippen LogP contribution < -0.4 is 10.2 Å². The molecule has 1 aromatic carbocycles. The Labute approximate surface area is 155 Å². The summed E-state index contributed by atoms with van der Waals surface area (Å²) in [5.74, 6) is -0.545. The van der Waals surface area contributed by atoms with Gasteiger partial charge < -0.3 is 15.1 Å². The zero-order valence-corrected chi connectivity index (χ0v) is 15.1. The maximum absolute atomic E-state index is 12.8. The third kappa shape index (κ3) is 3.01. The van der Waals surface area contributed by atoms with Crippen LogP contribution in [0.1, 0.15) is 27.9 Å². The van der Waals surface area contributed by atoms with Crippen LogP contribution in [0.2, 0.25) is 5.02 Å². The lowest BCUT2D eigenvalue weighted by Crippen LogP contribution is -2.49. The van der Waals surface area contributed by atoms with E-state index in [1.807, 2.05) is 31.2 Å². The fraction of sp³-hybridized carbons (Fsp3) is 0.412. The van der Waals surface area contributed by atoms with E-state index in [1.54, 1.807) is 4.90 Å². The number of fused-ring (bicyclic) bond motifs is 1. The highest BCUT2D eigenvalue weighted by molar-refractivity contribution is 6.30. The summed E-state index contributed by atoms with van der Waals surface area (Å²) in [6.45, 7) is 4.89. The molecule has 9 heteroatoms. The quantitative estimate of drug-likeness (QED) is 0.848. The maximum atomic E-state index is 12.8. The number of nitrogens with one attached hydrogen (secondary N) is 1. The van der Waals surface area contributed by atoms with Crippen molar-refractivity contribution >= 4 is 29.1 Å². The fourth-order valence-electron chi connectivity index (χ4n) is 3.40. The van der Waals surface area contributed by atoms with Gasteiger partial charge in [0.2, 0.25) is 0 Å². The first kappa shape index (κ1) is 16.8. The molecule has 136 valence electrons. The number of piperazine rings is 1. The first-order valence-electron chi connectivity index (χ1n) is 8.57. The van der Waals surface area contributed by atoms with E-state index in [0.29, 0.717) is 37.7 Å². The van der Waals surface area contributed by atoms with Gasteiger partial charge in [-0.05, 0) is 25.1 Å². The largest absolute Gasteiger partial charge is 0.368 e. The molecular formula is C17H19ClN6O2. The monoisotopic (exact) mass is 374 g/mol. The predicted molar refractivity (Wildman–Crippen MR) is 96.5 cm³/mol. The van der Waals surface area contributed by atoms with E-state index in [1.165, 1.54) is 4.68 Å². The molecule has 0 aliphatic carbocycles. The van der Waals surface area contributed by atoms with Gasteiger partial charge in [0.15, 0.2) is 11.4 Å². The molecule has 26 heavy (non-hydrogen) atoms. The zero-order chi connectivity index (χ0) is 18.3. The Morgan fingerprint density at radius 3 is 2.77 bits per heavy atom. The molecule has 3 heterocycles. The van der Waals surface area contributed by atoms with Crippen molar-refractivity contribution < 1.29 is 9.59 Å².